The molecule has 0 aliphatic rings. The van der Waals surface area contributed by atoms with Crippen molar-refractivity contribution >= 4 is 21.5 Å². The molecule has 0 radical (unpaired) electrons. The zero-order chi connectivity index (χ0) is 13.4. The summed E-state index contributed by atoms with van der Waals surface area (Å²) in [6.07, 6.45) is 0. The van der Waals surface area contributed by atoms with Crippen molar-refractivity contribution in [2.45, 2.75) is 0 Å². The monoisotopic (exact) mass is 254 g/mol. The van der Waals surface area contributed by atoms with Gasteiger partial charge in [0.15, 0.2) is 11.5 Å². The van der Waals surface area contributed by atoms with Crippen LogP contribution < -0.4 is 9.47 Å². The fraction of sp³-hybridized carbons (Fsp3) is 0.125. The molecular formula is C16H14O3. The van der Waals surface area contributed by atoms with Crippen LogP contribution in [0.1, 0.15) is 0 Å². The smallest absolute Gasteiger partial charge is 0.166 e. The molecule has 96 valence electrons. The van der Waals surface area contributed by atoms with Crippen LogP contribution in [0.5, 0.6) is 17.2 Å². The van der Waals surface area contributed by atoms with E-state index >= 15 is 0 Å². The minimum atomic E-state index is 0.166. The summed E-state index contributed by atoms with van der Waals surface area (Å²) in [5.41, 5.74) is 0. The van der Waals surface area contributed by atoms with Gasteiger partial charge in [0.2, 0.25) is 0 Å². The van der Waals surface area contributed by atoms with Crippen LogP contribution in [0.15, 0.2) is 42.5 Å². The number of hydrogen-bond acceptors (Lipinski definition) is 3. The van der Waals surface area contributed by atoms with Gasteiger partial charge in [-0.15, -0.1) is 0 Å². The zero-order valence-corrected chi connectivity index (χ0v) is 10.8. The summed E-state index contributed by atoms with van der Waals surface area (Å²) in [5.74, 6) is 1.41. The molecule has 0 heterocycles. The lowest BCUT2D eigenvalue weighted by Crippen LogP contribution is -1.87. The summed E-state index contributed by atoms with van der Waals surface area (Å²) in [6.45, 7) is 0. The van der Waals surface area contributed by atoms with Gasteiger partial charge in [0.25, 0.3) is 0 Å². The van der Waals surface area contributed by atoms with Crippen molar-refractivity contribution in [3.8, 4) is 17.2 Å². The van der Waals surface area contributed by atoms with E-state index in [1.165, 1.54) is 0 Å². The quantitative estimate of drug-likeness (QED) is 0.708. The van der Waals surface area contributed by atoms with Crippen molar-refractivity contribution in [2.24, 2.45) is 0 Å². The molecule has 0 spiro atoms. The molecule has 0 atom stereocenters. The Morgan fingerprint density at radius 1 is 0.842 bits per heavy atom. The number of benzene rings is 3. The number of aromatic hydroxyl groups is 1. The first-order valence-corrected chi connectivity index (χ1v) is 6.01. The highest BCUT2D eigenvalue weighted by Crippen LogP contribution is 2.39. The molecule has 0 unspecified atom stereocenters. The lowest BCUT2D eigenvalue weighted by molar-refractivity contribution is 0.376. The van der Waals surface area contributed by atoms with Gasteiger partial charge in [-0.3, -0.25) is 0 Å². The number of ether oxygens (including phenoxy) is 2. The highest BCUT2D eigenvalue weighted by Gasteiger charge is 2.10. The van der Waals surface area contributed by atoms with Crippen LogP contribution in [0.3, 0.4) is 0 Å². The van der Waals surface area contributed by atoms with Crippen LogP contribution in [-0.4, -0.2) is 19.3 Å². The summed E-state index contributed by atoms with van der Waals surface area (Å²) in [5, 5.41) is 14.1. The van der Waals surface area contributed by atoms with E-state index in [4.69, 9.17) is 9.47 Å². The Balaban J connectivity index is 2.48. The average Bonchev–Trinajstić information content (AvgIpc) is 2.46. The SMILES string of the molecule is COc1ccc2ccc3ccc(OC)c(O)c3c2c1. The first kappa shape index (κ1) is 11.7. The fourth-order valence-electron chi connectivity index (χ4n) is 2.38. The Morgan fingerprint density at radius 2 is 1.53 bits per heavy atom. The third-order valence-electron chi connectivity index (χ3n) is 3.37. The number of phenolic OH excluding ortho intramolecular Hbond substituents is 1. The number of hydrogen-bond donors (Lipinski definition) is 1. The molecule has 1 N–H and O–H groups in total. The molecule has 0 fully saturated rings. The minimum Gasteiger partial charge on any atom is -0.504 e. The van der Waals surface area contributed by atoms with Gasteiger partial charge in [0.1, 0.15) is 5.75 Å². The molecular weight excluding hydrogens is 240 g/mol. The average molecular weight is 254 g/mol. The second kappa shape index (κ2) is 4.35. The van der Waals surface area contributed by atoms with Crippen molar-refractivity contribution < 1.29 is 14.6 Å². The summed E-state index contributed by atoms with van der Waals surface area (Å²) < 4.78 is 10.4. The van der Waals surface area contributed by atoms with Crippen molar-refractivity contribution in [1.29, 1.82) is 0 Å². The minimum absolute atomic E-state index is 0.166. The zero-order valence-electron chi connectivity index (χ0n) is 10.8. The third-order valence-corrected chi connectivity index (χ3v) is 3.37. The largest absolute Gasteiger partial charge is 0.504 e. The summed E-state index contributed by atoms with van der Waals surface area (Å²) in [7, 11) is 3.18. The second-order valence-corrected chi connectivity index (χ2v) is 4.37. The van der Waals surface area contributed by atoms with Crippen molar-refractivity contribution in [1.82, 2.24) is 0 Å². The van der Waals surface area contributed by atoms with Crippen LogP contribution in [0.25, 0.3) is 21.5 Å². The summed E-state index contributed by atoms with van der Waals surface area (Å²) in [4.78, 5) is 0. The van der Waals surface area contributed by atoms with E-state index in [-0.39, 0.29) is 5.75 Å². The van der Waals surface area contributed by atoms with E-state index in [1.54, 1.807) is 20.3 Å². The predicted octanol–water partition coefficient (Wildman–Crippen LogP) is 3.72. The molecule has 0 amide bonds. The Bertz CT molecular complexity index is 763. The van der Waals surface area contributed by atoms with Gasteiger partial charge in [-0.2, -0.15) is 0 Å². The van der Waals surface area contributed by atoms with Crippen LogP contribution in [0.4, 0.5) is 0 Å². The van der Waals surface area contributed by atoms with Gasteiger partial charge in [0.05, 0.1) is 14.2 Å². The van der Waals surface area contributed by atoms with E-state index in [2.05, 4.69) is 0 Å². The summed E-state index contributed by atoms with van der Waals surface area (Å²) in [6, 6.07) is 13.5. The maximum absolute atomic E-state index is 10.3. The maximum atomic E-state index is 10.3. The van der Waals surface area contributed by atoms with Gasteiger partial charge in [-0.05, 0) is 34.4 Å². The standard InChI is InChI=1S/C16H14O3/c1-18-12-7-5-10-3-4-11-6-8-14(19-2)16(17)15(11)13(10)9-12/h3-9,17H,1-2H3. The molecule has 0 aliphatic heterocycles. The van der Waals surface area contributed by atoms with Gasteiger partial charge in [-0.1, -0.05) is 24.3 Å². The second-order valence-electron chi connectivity index (χ2n) is 4.37. The highest BCUT2D eigenvalue weighted by atomic mass is 16.5. The molecule has 3 nitrogen and oxygen atoms in total. The first-order chi connectivity index (χ1) is 9.24. The van der Waals surface area contributed by atoms with Gasteiger partial charge >= 0.3 is 0 Å². The van der Waals surface area contributed by atoms with Crippen LogP contribution in [0.2, 0.25) is 0 Å². The molecule has 3 aromatic carbocycles. The Morgan fingerprint density at radius 3 is 2.26 bits per heavy atom. The molecule has 0 bridgehead atoms. The van der Waals surface area contributed by atoms with Crippen LogP contribution >= 0.6 is 0 Å². The van der Waals surface area contributed by atoms with E-state index in [0.29, 0.717) is 5.75 Å². The van der Waals surface area contributed by atoms with Crippen molar-refractivity contribution in [2.75, 3.05) is 14.2 Å². The van der Waals surface area contributed by atoms with Gasteiger partial charge in [0, 0.05) is 5.39 Å². The molecule has 0 saturated heterocycles. The summed E-state index contributed by atoms with van der Waals surface area (Å²) >= 11 is 0. The van der Waals surface area contributed by atoms with Crippen molar-refractivity contribution in [3.05, 3.63) is 42.5 Å². The number of fused-ring (bicyclic) bond motifs is 3. The molecule has 3 aromatic rings. The maximum Gasteiger partial charge on any atom is 0.166 e. The highest BCUT2D eigenvalue weighted by molar-refractivity contribution is 6.11. The predicted molar refractivity (Wildman–Crippen MR) is 76.2 cm³/mol. The van der Waals surface area contributed by atoms with Crippen LogP contribution in [-0.2, 0) is 0 Å². The first-order valence-electron chi connectivity index (χ1n) is 6.01. The molecule has 0 aliphatic carbocycles. The van der Waals surface area contributed by atoms with Gasteiger partial charge in [-0.25, -0.2) is 0 Å². The number of phenols is 1. The van der Waals surface area contributed by atoms with E-state index < -0.39 is 0 Å². The third kappa shape index (κ3) is 1.74. The lowest BCUT2D eigenvalue weighted by atomic mass is 10.0. The fourth-order valence-corrected chi connectivity index (χ4v) is 2.38. The van der Waals surface area contributed by atoms with E-state index in [0.717, 1.165) is 27.3 Å². The topological polar surface area (TPSA) is 38.7 Å². The molecule has 0 aromatic heterocycles. The normalized spacial score (nSPS) is 10.8. The molecule has 19 heavy (non-hydrogen) atoms. The van der Waals surface area contributed by atoms with Crippen LogP contribution in [0, 0.1) is 0 Å². The van der Waals surface area contributed by atoms with E-state index in [1.807, 2.05) is 36.4 Å². The molecule has 3 rings (SSSR count). The van der Waals surface area contributed by atoms with Crippen molar-refractivity contribution in [3.63, 3.8) is 0 Å². The number of rotatable bonds is 2. The Kier molecular flexibility index (Phi) is 2.67. The molecule has 0 saturated carbocycles. The number of methoxy groups -OCH3 is 2. The van der Waals surface area contributed by atoms with Gasteiger partial charge < -0.3 is 14.6 Å². The molecule has 3 heteroatoms. The lowest BCUT2D eigenvalue weighted by Gasteiger charge is -2.10. The Hall–Kier alpha value is -2.42. The Labute approximate surface area is 111 Å². The van der Waals surface area contributed by atoms with E-state index in [9.17, 15) is 5.11 Å².